The number of thioether (sulfide) groups is 1. The number of nitrogens with one attached hydrogen (secondary N) is 1. The monoisotopic (exact) mass is 466 g/mol. The minimum atomic E-state index is -0.485. The predicted octanol–water partition coefficient (Wildman–Crippen LogP) is 4.29. The molecule has 4 aromatic rings. The second-order valence-electron chi connectivity index (χ2n) is 7.01. The van der Waals surface area contributed by atoms with Crippen LogP contribution in [0.5, 0.6) is 0 Å². The molecule has 0 saturated heterocycles. The van der Waals surface area contributed by atoms with E-state index in [0.29, 0.717) is 34.3 Å². The summed E-state index contributed by atoms with van der Waals surface area (Å²) in [6.07, 6.45) is 0. The summed E-state index contributed by atoms with van der Waals surface area (Å²) in [5.74, 6) is -0.204. The zero-order valence-electron chi connectivity index (χ0n) is 17.6. The fourth-order valence-corrected chi connectivity index (χ4v) is 4.77. The minimum absolute atomic E-state index is 0.143. The molecule has 0 aliphatic rings. The number of carbonyl (C=O) groups is 1. The molecule has 0 radical (unpaired) electrons. The highest BCUT2D eigenvalue weighted by Crippen LogP contribution is 2.27. The van der Waals surface area contributed by atoms with Gasteiger partial charge < -0.3 is 10.1 Å². The number of methoxy groups -OCH3 is 1. The number of para-hydroxylation sites is 1. The second-order valence-corrected chi connectivity index (χ2v) is 9.18. The number of nitrogens with zero attached hydrogens (tertiary/aromatic N) is 3. The van der Waals surface area contributed by atoms with Crippen LogP contribution >= 0.6 is 23.1 Å². The van der Waals surface area contributed by atoms with E-state index in [9.17, 15) is 9.59 Å². The van der Waals surface area contributed by atoms with Gasteiger partial charge in [-0.25, -0.2) is 9.97 Å². The van der Waals surface area contributed by atoms with Crippen LogP contribution in [0.15, 0.2) is 69.9 Å². The van der Waals surface area contributed by atoms with Crippen molar-refractivity contribution >= 4 is 45.0 Å². The van der Waals surface area contributed by atoms with Crippen molar-refractivity contribution in [1.82, 2.24) is 14.5 Å². The quantitative estimate of drug-likeness (QED) is 0.308. The van der Waals surface area contributed by atoms with Crippen molar-refractivity contribution in [3.63, 3.8) is 0 Å². The number of fused-ring (bicyclic) bond motifs is 1. The van der Waals surface area contributed by atoms with E-state index < -0.39 is 5.25 Å². The molecular weight excluding hydrogens is 444 g/mol. The van der Waals surface area contributed by atoms with E-state index in [4.69, 9.17) is 4.74 Å². The van der Waals surface area contributed by atoms with E-state index in [1.54, 1.807) is 30.7 Å². The number of carbonyl (C=O) groups excluding carboxylic acids is 1. The Balaban J connectivity index is 1.53. The first-order chi connectivity index (χ1) is 15.6. The third kappa shape index (κ3) is 4.90. The maximum atomic E-state index is 13.0. The summed E-state index contributed by atoms with van der Waals surface area (Å²) in [6, 6.07) is 17.0. The van der Waals surface area contributed by atoms with Crippen LogP contribution in [-0.2, 0) is 16.1 Å². The minimum Gasteiger partial charge on any atom is -0.383 e. The summed E-state index contributed by atoms with van der Waals surface area (Å²) in [5.41, 5.74) is 2.27. The lowest BCUT2D eigenvalue weighted by atomic mass is 10.2. The first kappa shape index (κ1) is 22.2. The van der Waals surface area contributed by atoms with Crippen LogP contribution in [-0.4, -0.2) is 39.4 Å². The number of hydrogen-bond acceptors (Lipinski definition) is 7. The maximum Gasteiger partial charge on any atom is 0.262 e. The second kappa shape index (κ2) is 10.1. The molecule has 1 amide bonds. The van der Waals surface area contributed by atoms with Crippen molar-refractivity contribution in [2.24, 2.45) is 0 Å². The van der Waals surface area contributed by atoms with E-state index in [0.717, 1.165) is 11.3 Å². The Morgan fingerprint density at radius 1 is 1.16 bits per heavy atom. The fraction of sp³-hybridized carbons (Fsp3) is 0.217. The summed E-state index contributed by atoms with van der Waals surface area (Å²) in [4.78, 5) is 35.0. The van der Waals surface area contributed by atoms with Crippen LogP contribution in [0.4, 0.5) is 5.13 Å². The molecule has 4 rings (SSSR count). The summed E-state index contributed by atoms with van der Waals surface area (Å²) >= 11 is 2.62. The SMILES string of the molecule is COCCn1c(SC(C)C(=O)Nc2nc(-c3ccccc3)cs2)nc2ccccc2c1=O. The summed E-state index contributed by atoms with van der Waals surface area (Å²) < 4.78 is 6.72. The van der Waals surface area contributed by atoms with E-state index in [2.05, 4.69) is 15.3 Å². The van der Waals surface area contributed by atoms with Gasteiger partial charge in [-0.3, -0.25) is 14.2 Å². The van der Waals surface area contributed by atoms with Gasteiger partial charge in [-0.15, -0.1) is 11.3 Å². The fourth-order valence-electron chi connectivity index (χ4n) is 3.11. The zero-order chi connectivity index (χ0) is 22.5. The molecule has 7 nitrogen and oxygen atoms in total. The smallest absolute Gasteiger partial charge is 0.262 e. The molecule has 32 heavy (non-hydrogen) atoms. The Kier molecular flexibility index (Phi) is 6.99. The molecule has 9 heteroatoms. The van der Waals surface area contributed by atoms with Gasteiger partial charge in [0.15, 0.2) is 10.3 Å². The lowest BCUT2D eigenvalue weighted by Crippen LogP contribution is -2.28. The lowest BCUT2D eigenvalue weighted by Gasteiger charge is -2.15. The number of benzene rings is 2. The molecule has 0 spiro atoms. The zero-order valence-corrected chi connectivity index (χ0v) is 19.3. The number of thiazole rings is 1. The average molecular weight is 467 g/mol. The van der Waals surface area contributed by atoms with Gasteiger partial charge in [-0.05, 0) is 19.1 Å². The molecule has 1 unspecified atom stereocenters. The lowest BCUT2D eigenvalue weighted by molar-refractivity contribution is -0.115. The molecule has 2 aromatic heterocycles. The highest BCUT2D eigenvalue weighted by Gasteiger charge is 2.20. The largest absolute Gasteiger partial charge is 0.383 e. The van der Waals surface area contributed by atoms with Crippen LogP contribution < -0.4 is 10.9 Å². The molecule has 2 aromatic carbocycles. The molecule has 0 fully saturated rings. The van der Waals surface area contributed by atoms with Gasteiger partial charge in [-0.2, -0.15) is 0 Å². The number of anilines is 1. The number of aromatic nitrogens is 3. The molecule has 2 heterocycles. The van der Waals surface area contributed by atoms with Gasteiger partial charge in [0.1, 0.15) is 0 Å². The van der Waals surface area contributed by atoms with Gasteiger partial charge in [0.25, 0.3) is 5.56 Å². The van der Waals surface area contributed by atoms with Gasteiger partial charge in [0.05, 0.1) is 35.0 Å². The van der Waals surface area contributed by atoms with Crippen LogP contribution in [0, 0.1) is 0 Å². The first-order valence-corrected chi connectivity index (χ1v) is 11.8. The Labute approximate surface area is 193 Å². The van der Waals surface area contributed by atoms with Crippen LogP contribution in [0.2, 0.25) is 0 Å². The number of hydrogen-bond donors (Lipinski definition) is 1. The highest BCUT2D eigenvalue weighted by atomic mass is 32.2. The van der Waals surface area contributed by atoms with Crippen molar-refractivity contribution < 1.29 is 9.53 Å². The van der Waals surface area contributed by atoms with Gasteiger partial charge in [0.2, 0.25) is 5.91 Å². The topological polar surface area (TPSA) is 86.1 Å². The Morgan fingerprint density at radius 3 is 2.69 bits per heavy atom. The predicted molar refractivity (Wildman–Crippen MR) is 129 cm³/mol. The molecule has 164 valence electrons. The standard InChI is InChI=1S/C23H22N4O3S2/c1-15(20(28)26-22-24-19(14-31-22)16-8-4-3-5-9-16)32-23-25-18-11-7-6-10-17(18)21(29)27(23)12-13-30-2/h3-11,14-15H,12-13H2,1-2H3,(H,24,26,28). The van der Waals surface area contributed by atoms with E-state index in [-0.39, 0.29) is 11.5 Å². The Hall–Kier alpha value is -3.01. The van der Waals surface area contributed by atoms with E-state index in [1.165, 1.54) is 23.1 Å². The normalized spacial score (nSPS) is 12.1. The molecule has 0 aliphatic carbocycles. The van der Waals surface area contributed by atoms with Crippen molar-refractivity contribution in [1.29, 1.82) is 0 Å². The summed E-state index contributed by atoms with van der Waals surface area (Å²) in [7, 11) is 1.58. The van der Waals surface area contributed by atoms with Gasteiger partial charge >= 0.3 is 0 Å². The Morgan fingerprint density at radius 2 is 1.91 bits per heavy atom. The number of ether oxygens (including phenoxy) is 1. The molecule has 0 saturated carbocycles. The summed E-state index contributed by atoms with van der Waals surface area (Å²) in [5, 5.41) is 5.86. The van der Waals surface area contributed by atoms with E-state index >= 15 is 0 Å². The van der Waals surface area contributed by atoms with Crippen molar-refractivity contribution in [3.05, 3.63) is 70.3 Å². The van der Waals surface area contributed by atoms with Crippen LogP contribution in [0.25, 0.3) is 22.2 Å². The molecule has 0 bridgehead atoms. The maximum absolute atomic E-state index is 13.0. The average Bonchev–Trinajstić information content (AvgIpc) is 3.28. The van der Waals surface area contributed by atoms with Crippen LogP contribution in [0.1, 0.15) is 6.92 Å². The number of rotatable bonds is 8. The van der Waals surface area contributed by atoms with E-state index in [1.807, 2.05) is 47.8 Å². The number of amides is 1. The molecule has 0 aliphatic heterocycles. The first-order valence-electron chi connectivity index (χ1n) is 10.0. The third-order valence-electron chi connectivity index (χ3n) is 4.80. The molecular formula is C23H22N4O3S2. The molecule has 1 N–H and O–H groups in total. The van der Waals surface area contributed by atoms with Crippen molar-refractivity contribution in [3.8, 4) is 11.3 Å². The molecule has 1 atom stereocenters. The third-order valence-corrected chi connectivity index (χ3v) is 6.65. The summed E-state index contributed by atoms with van der Waals surface area (Å²) in [6.45, 7) is 2.51. The van der Waals surface area contributed by atoms with Crippen molar-refractivity contribution in [2.75, 3.05) is 19.0 Å². The highest BCUT2D eigenvalue weighted by molar-refractivity contribution is 8.00. The Bertz CT molecular complexity index is 1290. The van der Waals surface area contributed by atoms with Crippen LogP contribution in [0.3, 0.4) is 0 Å². The van der Waals surface area contributed by atoms with Gasteiger partial charge in [0, 0.05) is 18.1 Å². The van der Waals surface area contributed by atoms with Gasteiger partial charge in [-0.1, -0.05) is 54.2 Å². The van der Waals surface area contributed by atoms with Crippen molar-refractivity contribution in [2.45, 2.75) is 23.9 Å².